The van der Waals surface area contributed by atoms with Crippen LogP contribution in [0.2, 0.25) is 5.02 Å². The van der Waals surface area contributed by atoms with E-state index >= 15 is 0 Å². The molecule has 0 bridgehead atoms. The summed E-state index contributed by atoms with van der Waals surface area (Å²) in [6.07, 6.45) is 4.23. The molecule has 0 spiro atoms. The highest BCUT2D eigenvalue weighted by Gasteiger charge is 2.23. The quantitative estimate of drug-likeness (QED) is 0.824. The summed E-state index contributed by atoms with van der Waals surface area (Å²) in [6.45, 7) is 4.47. The van der Waals surface area contributed by atoms with Crippen molar-refractivity contribution in [3.8, 4) is 0 Å². The molecule has 0 aliphatic carbocycles. The molecule has 4 heteroatoms. The minimum atomic E-state index is 0.678. The van der Waals surface area contributed by atoms with Crippen molar-refractivity contribution >= 4 is 33.3 Å². The molecule has 1 saturated heterocycles. The zero-order valence-electron chi connectivity index (χ0n) is 8.71. The third-order valence-corrected chi connectivity index (χ3v) is 3.74. The number of halogens is 2. The van der Waals surface area contributed by atoms with Gasteiger partial charge in [0.25, 0.3) is 0 Å². The minimum absolute atomic E-state index is 0.678. The maximum atomic E-state index is 5.87. The van der Waals surface area contributed by atoms with E-state index in [9.17, 15) is 0 Å². The van der Waals surface area contributed by atoms with Gasteiger partial charge in [-0.3, -0.25) is 0 Å². The molecule has 2 heterocycles. The molecule has 0 amide bonds. The van der Waals surface area contributed by atoms with Gasteiger partial charge < -0.3 is 4.90 Å². The predicted molar refractivity (Wildman–Crippen MR) is 67.6 cm³/mol. The molecule has 0 N–H and O–H groups in total. The highest BCUT2D eigenvalue weighted by atomic mass is 79.9. The molecule has 0 saturated carbocycles. The first-order valence-electron chi connectivity index (χ1n) is 5.26. The Labute approximate surface area is 104 Å². The Balaban J connectivity index is 2.17. The molecule has 1 atom stereocenters. The van der Waals surface area contributed by atoms with Crippen LogP contribution >= 0.6 is 27.5 Å². The average Bonchev–Trinajstić information content (AvgIpc) is 2.66. The zero-order valence-corrected chi connectivity index (χ0v) is 11.1. The number of nitrogens with zero attached hydrogens (tertiary/aromatic N) is 2. The van der Waals surface area contributed by atoms with Crippen LogP contribution in [0.5, 0.6) is 0 Å². The van der Waals surface area contributed by atoms with Gasteiger partial charge in [-0.05, 0) is 34.3 Å². The predicted octanol–water partition coefficient (Wildman–Crippen LogP) is 3.73. The summed E-state index contributed by atoms with van der Waals surface area (Å²) >= 11 is 9.38. The van der Waals surface area contributed by atoms with Crippen molar-refractivity contribution in [2.75, 3.05) is 18.0 Å². The number of anilines is 1. The molecular weight excluding hydrogens is 275 g/mol. The number of rotatable bonds is 2. The van der Waals surface area contributed by atoms with Crippen LogP contribution in [0.1, 0.15) is 19.8 Å². The van der Waals surface area contributed by atoms with Crippen LogP contribution in [0.4, 0.5) is 5.82 Å². The van der Waals surface area contributed by atoms with Gasteiger partial charge in [-0.25, -0.2) is 4.98 Å². The van der Waals surface area contributed by atoms with Crippen molar-refractivity contribution < 1.29 is 0 Å². The number of pyridine rings is 1. The van der Waals surface area contributed by atoms with Gasteiger partial charge in [-0.15, -0.1) is 0 Å². The Kier molecular flexibility index (Phi) is 3.52. The lowest BCUT2D eigenvalue weighted by Gasteiger charge is -2.18. The van der Waals surface area contributed by atoms with Crippen molar-refractivity contribution in [1.82, 2.24) is 4.98 Å². The van der Waals surface area contributed by atoms with E-state index < -0.39 is 0 Å². The molecule has 1 aromatic heterocycles. The van der Waals surface area contributed by atoms with E-state index in [0.717, 1.165) is 29.3 Å². The van der Waals surface area contributed by atoms with Crippen LogP contribution in [-0.2, 0) is 0 Å². The molecule has 1 unspecified atom stereocenters. The molecule has 82 valence electrons. The van der Waals surface area contributed by atoms with Crippen molar-refractivity contribution in [3.63, 3.8) is 0 Å². The van der Waals surface area contributed by atoms with E-state index in [1.165, 1.54) is 12.8 Å². The maximum absolute atomic E-state index is 5.87. The first-order valence-corrected chi connectivity index (χ1v) is 6.43. The van der Waals surface area contributed by atoms with Gasteiger partial charge in [0.1, 0.15) is 5.82 Å². The van der Waals surface area contributed by atoms with Gasteiger partial charge in [-0.1, -0.05) is 24.9 Å². The molecule has 2 rings (SSSR count). The third-order valence-electron chi connectivity index (χ3n) is 2.95. The van der Waals surface area contributed by atoms with Crippen LogP contribution in [0.15, 0.2) is 16.7 Å². The van der Waals surface area contributed by atoms with E-state index in [1.54, 1.807) is 6.20 Å². The molecule has 1 aromatic rings. The van der Waals surface area contributed by atoms with Gasteiger partial charge in [0, 0.05) is 19.3 Å². The van der Waals surface area contributed by atoms with Crippen LogP contribution in [0, 0.1) is 5.92 Å². The number of aromatic nitrogens is 1. The second-order valence-electron chi connectivity index (χ2n) is 3.97. The highest BCUT2D eigenvalue weighted by molar-refractivity contribution is 9.10. The third kappa shape index (κ3) is 2.45. The van der Waals surface area contributed by atoms with Crippen molar-refractivity contribution in [2.24, 2.45) is 5.92 Å². The summed E-state index contributed by atoms with van der Waals surface area (Å²) in [4.78, 5) is 6.70. The lowest BCUT2D eigenvalue weighted by atomic mass is 10.1. The van der Waals surface area contributed by atoms with Crippen LogP contribution in [-0.4, -0.2) is 18.1 Å². The molecule has 1 fully saturated rings. The van der Waals surface area contributed by atoms with Gasteiger partial charge in [0.2, 0.25) is 0 Å². The Morgan fingerprint density at radius 1 is 1.67 bits per heavy atom. The fourth-order valence-corrected chi connectivity index (χ4v) is 2.89. The summed E-state index contributed by atoms with van der Waals surface area (Å²) < 4.78 is 0.992. The summed E-state index contributed by atoms with van der Waals surface area (Å²) in [5, 5.41) is 0.678. The van der Waals surface area contributed by atoms with Gasteiger partial charge in [-0.2, -0.15) is 0 Å². The zero-order chi connectivity index (χ0) is 10.8. The van der Waals surface area contributed by atoms with Gasteiger partial charge in [0.05, 0.1) is 9.50 Å². The van der Waals surface area contributed by atoms with Crippen molar-refractivity contribution in [1.29, 1.82) is 0 Å². The Morgan fingerprint density at radius 3 is 3.07 bits per heavy atom. The van der Waals surface area contributed by atoms with Gasteiger partial charge >= 0.3 is 0 Å². The Hall–Kier alpha value is -0.280. The summed E-state index contributed by atoms with van der Waals surface area (Å²) in [7, 11) is 0. The smallest absolute Gasteiger partial charge is 0.142 e. The lowest BCUT2D eigenvalue weighted by Crippen LogP contribution is -2.21. The normalized spacial score (nSPS) is 21.0. The summed E-state index contributed by atoms with van der Waals surface area (Å²) in [5.74, 6) is 1.84. The first-order chi connectivity index (χ1) is 7.20. The molecule has 0 aromatic carbocycles. The molecule has 1 aliphatic heterocycles. The standard InChI is InChI=1S/C11H14BrClN2/c1-2-8-3-4-15(7-8)11-10(12)5-9(13)6-14-11/h5-6,8H,2-4,7H2,1H3. The van der Waals surface area contributed by atoms with E-state index in [2.05, 4.69) is 32.7 Å². The van der Waals surface area contributed by atoms with E-state index in [0.29, 0.717) is 5.02 Å². The molecular formula is C11H14BrClN2. The first kappa shape index (κ1) is 11.2. The van der Waals surface area contributed by atoms with Crippen molar-refractivity contribution in [2.45, 2.75) is 19.8 Å². The largest absolute Gasteiger partial charge is 0.355 e. The van der Waals surface area contributed by atoms with Crippen molar-refractivity contribution in [3.05, 3.63) is 21.8 Å². The fraction of sp³-hybridized carbons (Fsp3) is 0.545. The van der Waals surface area contributed by atoms with E-state index in [1.807, 2.05) is 6.07 Å². The Morgan fingerprint density at radius 2 is 2.47 bits per heavy atom. The van der Waals surface area contributed by atoms with E-state index in [-0.39, 0.29) is 0 Å². The molecule has 2 nitrogen and oxygen atoms in total. The molecule has 15 heavy (non-hydrogen) atoms. The Bertz CT molecular complexity index is 356. The number of hydrogen-bond donors (Lipinski definition) is 0. The molecule has 1 aliphatic rings. The second kappa shape index (κ2) is 4.71. The van der Waals surface area contributed by atoms with Crippen LogP contribution < -0.4 is 4.90 Å². The van der Waals surface area contributed by atoms with Crippen LogP contribution in [0.3, 0.4) is 0 Å². The second-order valence-corrected chi connectivity index (χ2v) is 5.26. The molecule has 0 radical (unpaired) electrons. The monoisotopic (exact) mass is 288 g/mol. The van der Waals surface area contributed by atoms with E-state index in [4.69, 9.17) is 11.6 Å². The average molecular weight is 290 g/mol. The number of hydrogen-bond acceptors (Lipinski definition) is 2. The van der Waals surface area contributed by atoms with Gasteiger partial charge in [0.15, 0.2) is 0 Å². The maximum Gasteiger partial charge on any atom is 0.142 e. The summed E-state index contributed by atoms with van der Waals surface area (Å²) in [5.41, 5.74) is 0. The fourth-order valence-electron chi connectivity index (χ4n) is 2.00. The minimum Gasteiger partial charge on any atom is -0.355 e. The lowest BCUT2D eigenvalue weighted by molar-refractivity contribution is 0.568. The topological polar surface area (TPSA) is 16.1 Å². The highest BCUT2D eigenvalue weighted by Crippen LogP contribution is 2.31. The SMILES string of the molecule is CCC1CCN(c2ncc(Cl)cc2Br)C1. The van der Waals surface area contributed by atoms with Crippen LogP contribution in [0.25, 0.3) is 0 Å². The summed E-state index contributed by atoms with van der Waals surface area (Å²) in [6, 6.07) is 1.91.